The lowest BCUT2D eigenvalue weighted by atomic mass is 9.91. The molecule has 2 unspecified atom stereocenters. The second-order valence-corrected chi connectivity index (χ2v) is 4.57. The van der Waals surface area contributed by atoms with Crippen LogP contribution in [0.2, 0.25) is 0 Å². The Kier molecular flexibility index (Phi) is 4.74. The SMILES string of the molecule is CC(C)C(N)CCC1CCCOC1. The van der Waals surface area contributed by atoms with Gasteiger partial charge in [-0.25, -0.2) is 0 Å². The fourth-order valence-corrected chi connectivity index (χ4v) is 1.80. The Bertz CT molecular complexity index is 130. The Morgan fingerprint density at radius 1 is 1.46 bits per heavy atom. The van der Waals surface area contributed by atoms with Crippen molar-refractivity contribution in [3.8, 4) is 0 Å². The number of ether oxygens (including phenoxy) is 1. The van der Waals surface area contributed by atoms with E-state index in [1.165, 1.54) is 19.3 Å². The Labute approximate surface area is 81.8 Å². The molecule has 2 N–H and O–H groups in total. The highest BCUT2D eigenvalue weighted by molar-refractivity contribution is 4.70. The van der Waals surface area contributed by atoms with Gasteiger partial charge in [0.05, 0.1) is 0 Å². The van der Waals surface area contributed by atoms with E-state index in [2.05, 4.69) is 13.8 Å². The minimum atomic E-state index is 0.377. The van der Waals surface area contributed by atoms with Gasteiger partial charge in [-0.05, 0) is 37.5 Å². The third-order valence-corrected chi connectivity index (χ3v) is 3.02. The van der Waals surface area contributed by atoms with Crippen molar-refractivity contribution < 1.29 is 4.74 Å². The van der Waals surface area contributed by atoms with Gasteiger partial charge in [-0.1, -0.05) is 13.8 Å². The molecule has 0 bridgehead atoms. The molecule has 13 heavy (non-hydrogen) atoms. The maximum absolute atomic E-state index is 5.99. The van der Waals surface area contributed by atoms with E-state index >= 15 is 0 Å². The average Bonchev–Trinajstić information content (AvgIpc) is 2.15. The van der Waals surface area contributed by atoms with Crippen molar-refractivity contribution in [3.63, 3.8) is 0 Å². The monoisotopic (exact) mass is 185 g/mol. The Hall–Kier alpha value is -0.0800. The molecule has 78 valence electrons. The number of rotatable bonds is 4. The van der Waals surface area contributed by atoms with Crippen molar-refractivity contribution >= 4 is 0 Å². The molecule has 0 aromatic heterocycles. The molecular weight excluding hydrogens is 162 g/mol. The topological polar surface area (TPSA) is 35.2 Å². The lowest BCUT2D eigenvalue weighted by Crippen LogP contribution is -2.28. The molecular formula is C11H23NO. The summed E-state index contributed by atoms with van der Waals surface area (Å²) in [5.74, 6) is 1.39. The van der Waals surface area contributed by atoms with Gasteiger partial charge in [0.1, 0.15) is 0 Å². The third kappa shape index (κ3) is 4.10. The molecule has 0 radical (unpaired) electrons. The van der Waals surface area contributed by atoms with Crippen LogP contribution in [0.1, 0.15) is 39.5 Å². The molecule has 1 aliphatic heterocycles. The quantitative estimate of drug-likeness (QED) is 0.728. The zero-order chi connectivity index (χ0) is 9.68. The van der Waals surface area contributed by atoms with Crippen LogP contribution in [0, 0.1) is 11.8 Å². The van der Waals surface area contributed by atoms with Crippen LogP contribution in [-0.2, 0) is 4.74 Å². The van der Waals surface area contributed by atoms with Gasteiger partial charge >= 0.3 is 0 Å². The standard InChI is InChI=1S/C11H23NO/c1-9(2)11(12)6-5-10-4-3-7-13-8-10/h9-11H,3-8,12H2,1-2H3. The van der Waals surface area contributed by atoms with Crippen molar-refractivity contribution in [2.24, 2.45) is 17.6 Å². The summed E-state index contributed by atoms with van der Waals surface area (Å²) in [6, 6.07) is 0.377. The van der Waals surface area contributed by atoms with Gasteiger partial charge < -0.3 is 10.5 Å². The minimum absolute atomic E-state index is 0.377. The summed E-state index contributed by atoms with van der Waals surface area (Å²) in [4.78, 5) is 0. The third-order valence-electron chi connectivity index (χ3n) is 3.02. The number of hydrogen-bond donors (Lipinski definition) is 1. The molecule has 2 nitrogen and oxygen atoms in total. The van der Waals surface area contributed by atoms with Crippen LogP contribution in [0.25, 0.3) is 0 Å². The lowest BCUT2D eigenvalue weighted by molar-refractivity contribution is 0.0498. The van der Waals surface area contributed by atoms with Crippen LogP contribution in [0.3, 0.4) is 0 Å². The first-order valence-electron chi connectivity index (χ1n) is 5.53. The summed E-state index contributed by atoms with van der Waals surface area (Å²) < 4.78 is 5.43. The smallest absolute Gasteiger partial charge is 0.0494 e. The molecule has 0 saturated carbocycles. The van der Waals surface area contributed by atoms with Gasteiger partial charge in [0.2, 0.25) is 0 Å². The number of nitrogens with two attached hydrogens (primary N) is 1. The Morgan fingerprint density at radius 2 is 2.23 bits per heavy atom. The fraction of sp³-hybridized carbons (Fsp3) is 1.00. The van der Waals surface area contributed by atoms with Crippen LogP contribution in [-0.4, -0.2) is 19.3 Å². The van der Waals surface area contributed by atoms with Crippen LogP contribution >= 0.6 is 0 Å². The van der Waals surface area contributed by atoms with Crippen LogP contribution in [0.4, 0.5) is 0 Å². The lowest BCUT2D eigenvalue weighted by Gasteiger charge is -2.24. The summed E-state index contributed by atoms with van der Waals surface area (Å²) in [5, 5.41) is 0. The van der Waals surface area contributed by atoms with Crippen LogP contribution < -0.4 is 5.73 Å². The van der Waals surface area contributed by atoms with E-state index in [4.69, 9.17) is 10.5 Å². The Morgan fingerprint density at radius 3 is 2.77 bits per heavy atom. The highest BCUT2D eigenvalue weighted by Crippen LogP contribution is 2.20. The van der Waals surface area contributed by atoms with Crippen molar-refractivity contribution in [3.05, 3.63) is 0 Å². The van der Waals surface area contributed by atoms with Crippen molar-refractivity contribution in [2.75, 3.05) is 13.2 Å². The van der Waals surface area contributed by atoms with E-state index in [9.17, 15) is 0 Å². The first-order chi connectivity index (χ1) is 6.20. The molecule has 1 fully saturated rings. The summed E-state index contributed by atoms with van der Waals surface area (Å²) in [5.41, 5.74) is 5.99. The number of hydrogen-bond acceptors (Lipinski definition) is 2. The molecule has 0 aliphatic carbocycles. The summed E-state index contributed by atoms with van der Waals surface area (Å²) in [6.07, 6.45) is 4.98. The maximum atomic E-state index is 5.99. The maximum Gasteiger partial charge on any atom is 0.0494 e. The van der Waals surface area contributed by atoms with Crippen LogP contribution in [0.15, 0.2) is 0 Å². The van der Waals surface area contributed by atoms with Crippen molar-refractivity contribution in [2.45, 2.75) is 45.6 Å². The molecule has 0 amide bonds. The minimum Gasteiger partial charge on any atom is -0.381 e. The zero-order valence-electron chi connectivity index (χ0n) is 8.96. The van der Waals surface area contributed by atoms with E-state index in [0.717, 1.165) is 25.6 Å². The molecule has 0 aromatic carbocycles. The molecule has 2 atom stereocenters. The molecule has 1 saturated heterocycles. The zero-order valence-corrected chi connectivity index (χ0v) is 8.96. The summed E-state index contributed by atoms with van der Waals surface area (Å²) in [7, 11) is 0. The second-order valence-electron chi connectivity index (χ2n) is 4.57. The first kappa shape index (κ1) is 11.0. The highest BCUT2D eigenvalue weighted by atomic mass is 16.5. The predicted octanol–water partition coefficient (Wildman–Crippen LogP) is 2.18. The Balaban J connectivity index is 2.10. The summed E-state index contributed by atoms with van der Waals surface area (Å²) in [6.45, 7) is 6.32. The summed E-state index contributed by atoms with van der Waals surface area (Å²) >= 11 is 0. The van der Waals surface area contributed by atoms with E-state index in [1.54, 1.807) is 0 Å². The highest BCUT2D eigenvalue weighted by Gasteiger charge is 2.16. The fourth-order valence-electron chi connectivity index (χ4n) is 1.80. The van der Waals surface area contributed by atoms with Gasteiger partial charge in [0, 0.05) is 19.3 Å². The first-order valence-corrected chi connectivity index (χ1v) is 5.53. The molecule has 0 aromatic rings. The second kappa shape index (κ2) is 5.61. The molecule has 1 rings (SSSR count). The molecule has 1 aliphatic rings. The van der Waals surface area contributed by atoms with Gasteiger partial charge in [0.25, 0.3) is 0 Å². The van der Waals surface area contributed by atoms with Crippen molar-refractivity contribution in [1.82, 2.24) is 0 Å². The van der Waals surface area contributed by atoms with E-state index in [1.807, 2.05) is 0 Å². The van der Waals surface area contributed by atoms with E-state index in [0.29, 0.717) is 12.0 Å². The largest absolute Gasteiger partial charge is 0.381 e. The van der Waals surface area contributed by atoms with Crippen LogP contribution in [0.5, 0.6) is 0 Å². The van der Waals surface area contributed by atoms with Gasteiger partial charge in [-0.15, -0.1) is 0 Å². The van der Waals surface area contributed by atoms with E-state index in [-0.39, 0.29) is 0 Å². The molecule has 2 heteroatoms. The van der Waals surface area contributed by atoms with E-state index < -0.39 is 0 Å². The average molecular weight is 185 g/mol. The van der Waals surface area contributed by atoms with Gasteiger partial charge in [-0.3, -0.25) is 0 Å². The molecule has 0 spiro atoms. The molecule has 1 heterocycles. The normalized spacial score (nSPS) is 26.3. The van der Waals surface area contributed by atoms with Gasteiger partial charge in [-0.2, -0.15) is 0 Å². The van der Waals surface area contributed by atoms with Gasteiger partial charge in [0.15, 0.2) is 0 Å². The predicted molar refractivity (Wildman–Crippen MR) is 55.6 cm³/mol. The van der Waals surface area contributed by atoms with Crippen molar-refractivity contribution in [1.29, 1.82) is 0 Å².